The molecule has 1 amide bonds. The highest BCUT2D eigenvalue weighted by Crippen LogP contribution is 2.25. The Hall–Kier alpha value is -1.60. The maximum Gasteiger partial charge on any atom is 0.240 e. The zero-order valence-corrected chi connectivity index (χ0v) is 11.5. The van der Waals surface area contributed by atoms with Gasteiger partial charge in [0.25, 0.3) is 0 Å². The highest BCUT2D eigenvalue weighted by Gasteiger charge is 2.28. The van der Waals surface area contributed by atoms with Crippen LogP contribution < -0.4 is 15.4 Å². The van der Waals surface area contributed by atoms with Gasteiger partial charge in [0, 0.05) is 12.2 Å². The second-order valence-electron chi connectivity index (χ2n) is 4.57. The highest BCUT2D eigenvalue weighted by molar-refractivity contribution is 7.93. The topological polar surface area (TPSA) is 92.5 Å². The van der Waals surface area contributed by atoms with Gasteiger partial charge in [0.2, 0.25) is 15.9 Å². The van der Waals surface area contributed by atoms with Crippen molar-refractivity contribution in [3.8, 4) is 0 Å². The van der Waals surface area contributed by atoms with Gasteiger partial charge in [0.05, 0.1) is 17.5 Å². The summed E-state index contributed by atoms with van der Waals surface area (Å²) in [6.07, 6.45) is 0.644. The number of nitrogens with two attached hydrogens (primary N) is 1. The van der Waals surface area contributed by atoms with Crippen molar-refractivity contribution in [2.75, 3.05) is 21.9 Å². The second-order valence-corrected chi connectivity index (χ2v) is 6.58. The van der Waals surface area contributed by atoms with Crippen molar-refractivity contribution < 1.29 is 13.2 Å². The van der Waals surface area contributed by atoms with Gasteiger partial charge in [0.1, 0.15) is 0 Å². The molecule has 6 nitrogen and oxygen atoms in total. The van der Waals surface area contributed by atoms with Crippen molar-refractivity contribution in [2.24, 2.45) is 5.73 Å². The SMILES string of the molecule is C[C@H](N)C(=O)Nc1ccc(N2CCCS2(=O)=O)cc1. The van der Waals surface area contributed by atoms with Crippen molar-refractivity contribution in [3.63, 3.8) is 0 Å². The molecule has 0 aromatic heterocycles. The number of nitrogens with one attached hydrogen (secondary N) is 1. The van der Waals surface area contributed by atoms with Crippen molar-refractivity contribution >= 4 is 27.3 Å². The quantitative estimate of drug-likeness (QED) is 0.845. The molecule has 1 aliphatic rings. The van der Waals surface area contributed by atoms with E-state index in [1.165, 1.54) is 4.31 Å². The van der Waals surface area contributed by atoms with Crippen LogP contribution in [0.25, 0.3) is 0 Å². The largest absolute Gasteiger partial charge is 0.325 e. The van der Waals surface area contributed by atoms with Gasteiger partial charge in [-0.05, 0) is 37.6 Å². The molecule has 0 unspecified atom stereocenters. The lowest BCUT2D eigenvalue weighted by Crippen LogP contribution is -2.32. The van der Waals surface area contributed by atoms with Crippen LogP contribution in [0.1, 0.15) is 13.3 Å². The van der Waals surface area contributed by atoms with E-state index in [9.17, 15) is 13.2 Å². The molecule has 1 aliphatic heterocycles. The molecule has 19 heavy (non-hydrogen) atoms. The fourth-order valence-corrected chi connectivity index (χ4v) is 3.46. The number of benzene rings is 1. The molecule has 1 aromatic rings. The van der Waals surface area contributed by atoms with E-state index in [1.54, 1.807) is 31.2 Å². The molecule has 0 radical (unpaired) electrons. The number of anilines is 2. The lowest BCUT2D eigenvalue weighted by Gasteiger charge is -2.17. The molecule has 7 heteroatoms. The number of hydrogen-bond acceptors (Lipinski definition) is 4. The van der Waals surface area contributed by atoms with Gasteiger partial charge in [-0.2, -0.15) is 0 Å². The lowest BCUT2D eigenvalue weighted by atomic mass is 10.2. The fraction of sp³-hybridized carbons (Fsp3) is 0.417. The predicted molar refractivity (Wildman–Crippen MR) is 74.5 cm³/mol. The summed E-state index contributed by atoms with van der Waals surface area (Å²) in [6, 6.07) is 6.12. The van der Waals surface area contributed by atoms with Crippen LogP contribution >= 0.6 is 0 Å². The highest BCUT2D eigenvalue weighted by atomic mass is 32.2. The van der Waals surface area contributed by atoms with Crippen LogP contribution in [0.3, 0.4) is 0 Å². The van der Waals surface area contributed by atoms with Crippen molar-refractivity contribution in [1.29, 1.82) is 0 Å². The number of amides is 1. The summed E-state index contributed by atoms with van der Waals surface area (Å²) in [6.45, 7) is 2.11. The summed E-state index contributed by atoms with van der Waals surface area (Å²) in [4.78, 5) is 11.4. The molecular weight excluding hydrogens is 266 g/mol. The second kappa shape index (κ2) is 5.18. The Labute approximate surface area is 112 Å². The van der Waals surface area contributed by atoms with Gasteiger partial charge in [-0.25, -0.2) is 8.42 Å². The van der Waals surface area contributed by atoms with E-state index in [-0.39, 0.29) is 11.7 Å². The first kappa shape index (κ1) is 13.8. The fourth-order valence-electron chi connectivity index (χ4n) is 1.90. The molecule has 0 saturated carbocycles. The van der Waals surface area contributed by atoms with E-state index >= 15 is 0 Å². The van der Waals surface area contributed by atoms with Crippen LogP contribution in [-0.2, 0) is 14.8 Å². The molecule has 3 N–H and O–H groups in total. The van der Waals surface area contributed by atoms with E-state index < -0.39 is 16.1 Å². The van der Waals surface area contributed by atoms with Gasteiger partial charge < -0.3 is 11.1 Å². The first-order valence-corrected chi connectivity index (χ1v) is 7.68. The molecule has 1 atom stereocenters. The first-order valence-electron chi connectivity index (χ1n) is 6.07. The third kappa shape index (κ3) is 3.05. The van der Waals surface area contributed by atoms with Crippen LogP contribution in [0.2, 0.25) is 0 Å². The molecule has 1 fully saturated rings. The van der Waals surface area contributed by atoms with E-state index in [4.69, 9.17) is 5.73 Å². The predicted octanol–water partition coefficient (Wildman–Crippen LogP) is 0.512. The van der Waals surface area contributed by atoms with Crippen molar-refractivity contribution in [1.82, 2.24) is 0 Å². The smallest absolute Gasteiger partial charge is 0.240 e. The Bertz CT molecular complexity index is 566. The minimum Gasteiger partial charge on any atom is -0.325 e. The number of nitrogens with zero attached hydrogens (tertiary/aromatic N) is 1. The summed E-state index contributed by atoms with van der Waals surface area (Å²) in [5, 5.41) is 2.65. The maximum absolute atomic E-state index is 11.8. The molecule has 2 rings (SSSR count). The van der Waals surface area contributed by atoms with Crippen LogP contribution in [0, 0.1) is 0 Å². The minimum atomic E-state index is -3.16. The zero-order chi connectivity index (χ0) is 14.0. The monoisotopic (exact) mass is 283 g/mol. The average Bonchev–Trinajstić information content (AvgIpc) is 2.70. The summed E-state index contributed by atoms with van der Waals surface area (Å²) >= 11 is 0. The normalized spacial score (nSPS) is 19.2. The summed E-state index contributed by atoms with van der Waals surface area (Å²) in [5.41, 5.74) is 6.67. The molecule has 0 spiro atoms. The Morgan fingerprint density at radius 2 is 2.00 bits per heavy atom. The van der Waals surface area contributed by atoms with Gasteiger partial charge in [0.15, 0.2) is 0 Å². The summed E-state index contributed by atoms with van der Waals surface area (Å²) in [7, 11) is -3.16. The Morgan fingerprint density at radius 3 is 2.47 bits per heavy atom. The molecular formula is C12H17N3O3S. The van der Waals surface area contributed by atoms with Gasteiger partial charge in [-0.15, -0.1) is 0 Å². The van der Waals surface area contributed by atoms with E-state index in [1.807, 2.05) is 0 Å². The van der Waals surface area contributed by atoms with Gasteiger partial charge >= 0.3 is 0 Å². The Kier molecular flexibility index (Phi) is 3.77. The van der Waals surface area contributed by atoms with Gasteiger partial charge in [-0.1, -0.05) is 0 Å². The maximum atomic E-state index is 11.8. The number of carbonyl (C=O) groups excluding carboxylic acids is 1. The zero-order valence-electron chi connectivity index (χ0n) is 10.7. The summed E-state index contributed by atoms with van der Waals surface area (Å²) in [5.74, 6) is -0.0857. The Morgan fingerprint density at radius 1 is 1.37 bits per heavy atom. The van der Waals surface area contributed by atoms with Gasteiger partial charge in [-0.3, -0.25) is 9.10 Å². The Balaban J connectivity index is 2.13. The molecule has 104 valence electrons. The van der Waals surface area contributed by atoms with Crippen molar-refractivity contribution in [2.45, 2.75) is 19.4 Å². The first-order chi connectivity index (χ1) is 8.90. The van der Waals surface area contributed by atoms with Crippen molar-refractivity contribution in [3.05, 3.63) is 24.3 Å². The molecule has 1 saturated heterocycles. The van der Waals surface area contributed by atoms with Crippen LogP contribution in [0.4, 0.5) is 11.4 Å². The number of sulfonamides is 1. The molecule has 1 heterocycles. The number of carbonyl (C=O) groups is 1. The number of rotatable bonds is 3. The third-order valence-corrected chi connectivity index (χ3v) is 4.81. The van der Waals surface area contributed by atoms with E-state index in [0.717, 1.165) is 0 Å². The molecule has 1 aromatic carbocycles. The minimum absolute atomic E-state index is 0.191. The molecule has 0 bridgehead atoms. The van der Waals surface area contributed by atoms with E-state index in [2.05, 4.69) is 5.32 Å². The standard InChI is InChI=1S/C12H17N3O3S/c1-9(13)12(16)14-10-3-5-11(6-4-10)15-7-2-8-19(15,17)18/h3-6,9H,2,7-8,13H2,1H3,(H,14,16)/t9-/m0/s1. The lowest BCUT2D eigenvalue weighted by molar-refractivity contribution is -0.117. The van der Waals surface area contributed by atoms with Crippen LogP contribution in [0.15, 0.2) is 24.3 Å². The van der Waals surface area contributed by atoms with E-state index in [0.29, 0.717) is 24.3 Å². The van der Waals surface area contributed by atoms with Crippen LogP contribution in [0.5, 0.6) is 0 Å². The summed E-state index contributed by atoms with van der Waals surface area (Å²) < 4.78 is 24.9. The van der Waals surface area contributed by atoms with Crippen LogP contribution in [-0.4, -0.2) is 32.7 Å². The third-order valence-electron chi connectivity index (χ3n) is 2.94. The number of hydrogen-bond donors (Lipinski definition) is 2. The molecule has 0 aliphatic carbocycles. The average molecular weight is 283 g/mol.